The first-order valence-electron chi connectivity index (χ1n) is 4.37. The first-order valence-corrected chi connectivity index (χ1v) is 4.37. The molecule has 0 aromatic carbocycles. The van der Waals surface area contributed by atoms with E-state index in [9.17, 15) is 31.1 Å². The minimum Gasteiger partial charge on any atom is -0.476 e. The van der Waals surface area contributed by atoms with Crippen LogP contribution in [0.1, 0.15) is 21.7 Å². The number of halogens is 6. The van der Waals surface area contributed by atoms with E-state index < -0.39 is 41.2 Å². The molecule has 1 rings (SSSR count). The van der Waals surface area contributed by atoms with Crippen molar-refractivity contribution >= 4 is 5.97 Å². The number of aromatic carboxylic acids is 1. The maximum absolute atomic E-state index is 13.2. The Morgan fingerprint density at radius 3 is 2.17 bits per heavy atom. The summed E-state index contributed by atoms with van der Waals surface area (Å²) in [7, 11) is 0. The number of aromatic nitrogens is 2. The van der Waals surface area contributed by atoms with E-state index in [0.717, 1.165) is 6.92 Å². The molecule has 0 radical (unpaired) electrons. The van der Waals surface area contributed by atoms with Crippen molar-refractivity contribution in [3.05, 3.63) is 17.0 Å². The summed E-state index contributed by atoms with van der Waals surface area (Å²) in [6.45, 7) is 0.805. The molecule has 0 bridgehead atoms. The minimum absolute atomic E-state index is 0.751. The van der Waals surface area contributed by atoms with Crippen molar-refractivity contribution in [1.82, 2.24) is 10.2 Å². The van der Waals surface area contributed by atoms with Crippen LogP contribution in [-0.4, -0.2) is 33.6 Å². The van der Waals surface area contributed by atoms with Crippen LogP contribution >= 0.6 is 0 Å². The Labute approximate surface area is 95.6 Å². The molecule has 10 heteroatoms. The maximum Gasteiger partial charge on any atom is 0.426 e. The largest absolute Gasteiger partial charge is 0.476 e. The van der Waals surface area contributed by atoms with Gasteiger partial charge in [-0.25, -0.2) is 9.18 Å². The van der Waals surface area contributed by atoms with E-state index in [1.165, 1.54) is 5.10 Å². The zero-order valence-electron chi connectivity index (χ0n) is 8.65. The van der Waals surface area contributed by atoms with E-state index in [0.29, 0.717) is 0 Å². The fourth-order valence-electron chi connectivity index (χ4n) is 1.26. The number of aromatic amines is 1. The van der Waals surface area contributed by atoms with Crippen LogP contribution in [0.25, 0.3) is 0 Å². The molecule has 1 atom stereocenters. The number of alkyl halides is 6. The van der Waals surface area contributed by atoms with Gasteiger partial charge in [0.05, 0.1) is 0 Å². The first kappa shape index (κ1) is 14.3. The number of carboxylic acids is 1. The third-order valence-corrected chi connectivity index (χ3v) is 2.15. The molecule has 0 aliphatic carbocycles. The van der Waals surface area contributed by atoms with Gasteiger partial charge in [0, 0.05) is 5.56 Å². The fourth-order valence-corrected chi connectivity index (χ4v) is 1.26. The van der Waals surface area contributed by atoms with Crippen molar-refractivity contribution in [2.45, 2.75) is 25.2 Å². The lowest BCUT2D eigenvalue weighted by Gasteiger charge is -2.21. The molecule has 102 valence electrons. The van der Waals surface area contributed by atoms with E-state index in [1.807, 2.05) is 0 Å². The summed E-state index contributed by atoms with van der Waals surface area (Å²) in [5.41, 5.74) is -3.15. The van der Waals surface area contributed by atoms with Crippen LogP contribution in [0, 0.1) is 6.92 Å². The topological polar surface area (TPSA) is 66.0 Å². The van der Waals surface area contributed by atoms with Crippen LogP contribution in [0.2, 0.25) is 0 Å². The summed E-state index contributed by atoms with van der Waals surface area (Å²) in [5.74, 6) is -6.66. The molecule has 0 aliphatic heterocycles. The smallest absolute Gasteiger partial charge is 0.426 e. The Hall–Kier alpha value is -1.74. The predicted octanol–water partition coefficient (Wildman–Crippen LogP) is 2.41. The fraction of sp³-hybridized carbons (Fsp3) is 0.500. The molecule has 0 saturated heterocycles. The van der Waals surface area contributed by atoms with E-state index in [1.54, 1.807) is 0 Å². The summed E-state index contributed by atoms with van der Waals surface area (Å²) in [6, 6.07) is 0. The third-order valence-electron chi connectivity index (χ3n) is 2.15. The van der Waals surface area contributed by atoms with Crippen molar-refractivity contribution in [3.63, 3.8) is 0 Å². The maximum atomic E-state index is 13.2. The van der Waals surface area contributed by atoms with Gasteiger partial charge in [-0.2, -0.15) is 27.1 Å². The van der Waals surface area contributed by atoms with Gasteiger partial charge < -0.3 is 5.11 Å². The Kier molecular flexibility index (Phi) is 3.32. The lowest BCUT2D eigenvalue weighted by Crippen LogP contribution is -2.40. The Bertz CT molecular complexity index is 467. The van der Waals surface area contributed by atoms with Crippen molar-refractivity contribution in [2.24, 2.45) is 0 Å². The molecule has 1 unspecified atom stereocenters. The molecule has 0 fully saturated rings. The molecule has 0 saturated carbocycles. The second-order valence-corrected chi connectivity index (χ2v) is 3.40. The summed E-state index contributed by atoms with van der Waals surface area (Å²) >= 11 is 0. The van der Waals surface area contributed by atoms with Crippen LogP contribution in [-0.2, 0) is 5.92 Å². The van der Waals surface area contributed by atoms with E-state index in [4.69, 9.17) is 5.11 Å². The summed E-state index contributed by atoms with van der Waals surface area (Å²) in [4.78, 5) is 10.5. The monoisotopic (exact) mass is 276 g/mol. The molecular formula is C8H6F6N2O2. The van der Waals surface area contributed by atoms with Gasteiger partial charge in [-0.1, -0.05) is 0 Å². The number of hydrogen-bond acceptors (Lipinski definition) is 2. The molecule has 0 spiro atoms. The average molecular weight is 276 g/mol. The number of H-pyrrole nitrogens is 1. The predicted molar refractivity (Wildman–Crippen MR) is 45.1 cm³/mol. The first-order chi connectivity index (χ1) is 7.99. The van der Waals surface area contributed by atoms with Crippen LogP contribution in [0.5, 0.6) is 0 Å². The highest BCUT2D eigenvalue weighted by atomic mass is 19.4. The number of nitrogens with zero attached hydrogens (tertiary/aromatic N) is 1. The molecule has 0 aliphatic rings. The highest BCUT2D eigenvalue weighted by molar-refractivity contribution is 5.87. The highest BCUT2D eigenvalue weighted by Gasteiger charge is 2.59. The van der Waals surface area contributed by atoms with Gasteiger partial charge in [0.2, 0.25) is 0 Å². The lowest BCUT2D eigenvalue weighted by atomic mass is 10.1. The van der Waals surface area contributed by atoms with Crippen molar-refractivity contribution in [2.75, 3.05) is 0 Å². The van der Waals surface area contributed by atoms with Gasteiger partial charge in [-0.15, -0.1) is 0 Å². The summed E-state index contributed by atoms with van der Waals surface area (Å²) in [5, 5.41) is 12.8. The lowest BCUT2D eigenvalue weighted by molar-refractivity contribution is -0.249. The quantitative estimate of drug-likeness (QED) is 0.833. The summed E-state index contributed by atoms with van der Waals surface area (Å²) in [6.07, 6.45) is -10.2. The Morgan fingerprint density at radius 2 is 1.83 bits per heavy atom. The van der Waals surface area contributed by atoms with Crippen LogP contribution < -0.4 is 0 Å². The third kappa shape index (κ3) is 2.27. The molecule has 0 amide bonds. The molecule has 1 heterocycles. The second kappa shape index (κ2) is 4.18. The van der Waals surface area contributed by atoms with Gasteiger partial charge in [0.25, 0.3) is 6.17 Å². The van der Waals surface area contributed by atoms with Crippen molar-refractivity contribution in [1.29, 1.82) is 0 Å². The van der Waals surface area contributed by atoms with E-state index in [-0.39, 0.29) is 0 Å². The number of rotatable bonds is 3. The van der Waals surface area contributed by atoms with Gasteiger partial charge in [0.1, 0.15) is 5.69 Å². The van der Waals surface area contributed by atoms with Crippen LogP contribution in [0.4, 0.5) is 26.3 Å². The molecule has 18 heavy (non-hydrogen) atoms. The van der Waals surface area contributed by atoms with E-state index in [2.05, 4.69) is 5.10 Å². The number of nitrogens with one attached hydrogen (secondary N) is 1. The number of carbonyl (C=O) groups is 1. The normalized spacial score (nSPS) is 14.6. The van der Waals surface area contributed by atoms with Gasteiger partial charge in [-0.05, 0) is 6.92 Å². The highest BCUT2D eigenvalue weighted by Crippen LogP contribution is 2.42. The SMILES string of the molecule is Cc1c(C(=O)O)n[nH]c1C(F)(F)C(F)C(F)(F)F. The van der Waals surface area contributed by atoms with Crippen molar-refractivity contribution < 1.29 is 36.2 Å². The Balaban J connectivity index is 3.25. The minimum atomic E-state index is -5.77. The van der Waals surface area contributed by atoms with Crippen molar-refractivity contribution in [3.8, 4) is 0 Å². The average Bonchev–Trinajstić information content (AvgIpc) is 2.58. The van der Waals surface area contributed by atoms with Crippen LogP contribution in [0.3, 0.4) is 0 Å². The van der Waals surface area contributed by atoms with E-state index >= 15 is 0 Å². The molecular weight excluding hydrogens is 270 g/mol. The molecule has 4 nitrogen and oxygen atoms in total. The number of hydrogen-bond donors (Lipinski definition) is 2. The Morgan fingerprint density at radius 1 is 1.33 bits per heavy atom. The van der Waals surface area contributed by atoms with Gasteiger partial charge in [-0.3, -0.25) is 5.10 Å². The van der Waals surface area contributed by atoms with Crippen LogP contribution in [0.15, 0.2) is 0 Å². The van der Waals surface area contributed by atoms with Gasteiger partial charge >= 0.3 is 18.1 Å². The summed E-state index contributed by atoms with van der Waals surface area (Å²) < 4.78 is 74.9. The zero-order valence-corrected chi connectivity index (χ0v) is 8.65. The molecule has 1 aromatic heterocycles. The molecule has 2 N–H and O–H groups in total. The second-order valence-electron chi connectivity index (χ2n) is 3.40. The standard InChI is InChI=1S/C8H6F6N2O2/c1-2-3(5(17)18)15-16-4(2)7(10,11)6(9)8(12,13)14/h6H,1H3,(H,15,16)(H,17,18). The van der Waals surface area contributed by atoms with Gasteiger partial charge in [0.15, 0.2) is 5.69 Å². The number of carboxylic acid groups (broad SMARTS) is 1. The molecule has 1 aromatic rings. The zero-order chi connectivity index (χ0) is 14.3.